The first-order valence-electron chi connectivity index (χ1n) is 19.7. The first kappa shape index (κ1) is 50.7. The molecule has 0 aliphatic carbocycles. The second-order valence-corrected chi connectivity index (χ2v) is 15.2. The molecule has 0 aliphatic rings. The zero-order chi connectivity index (χ0) is 40.0. The van der Waals surface area contributed by atoms with Crippen molar-refractivity contribution in [1.29, 1.82) is 0 Å². The molecule has 9 nitrogen and oxygen atoms in total. The van der Waals surface area contributed by atoms with Crippen LogP contribution in [0.3, 0.4) is 0 Å². The predicted molar refractivity (Wildman–Crippen MR) is 221 cm³/mol. The van der Waals surface area contributed by atoms with Crippen LogP contribution in [0.25, 0.3) is 0 Å². The molecule has 2 atom stereocenters. The molecule has 0 bridgehead atoms. The van der Waals surface area contributed by atoms with E-state index in [1.165, 1.54) is 0 Å². The number of rotatable bonds is 33. The van der Waals surface area contributed by atoms with Gasteiger partial charge in [0.05, 0.1) is 27.7 Å². The molecule has 0 saturated carbocycles. The monoisotopic (exact) mass is 771 g/mol. The molecule has 0 spiro atoms. The van der Waals surface area contributed by atoms with Crippen LogP contribution in [0.15, 0.2) is 109 Å². The Kier molecular flexibility index (Phi) is 33.2. The summed E-state index contributed by atoms with van der Waals surface area (Å²) in [6.07, 6.45) is 46.9. The molecule has 0 heterocycles. The Morgan fingerprint density at radius 2 is 1.00 bits per heavy atom. The highest BCUT2D eigenvalue weighted by Gasteiger charge is 2.21. The number of hydrogen-bond donors (Lipinski definition) is 0. The minimum atomic E-state index is -4.65. The summed E-state index contributed by atoms with van der Waals surface area (Å²) in [4.78, 5) is 37.4. The first-order chi connectivity index (χ1) is 26.0. The number of esters is 2. The molecule has 10 heteroatoms. The highest BCUT2D eigenvalue weighted by Crippen LogP contribution is 2.38. The molecule has 0 aromatic rings. The van der Waals surface area contributed by atoms with Crippen LogP contribution in [-0.2, 0) is 32.7 Å². The van der Waals surface area contributed by atoms with Crippen LogP contribution in [0.5, 0.6) is 0 Å². The van der Waals surface area contributed by atoms with E-state index in [9.17, 15) is 19.0 Å². The molecule has 0 aliphatic heterocycles. The zero-order valence-corrected chi connectivity index (χ0v) is 34.8. The molecule has 0 fully saturated rings. The maximum Gasteiger partial charge on any atom is 0.306 e. The van der Waals surface area contributed by atoms with Gasteiger partial charge in [-0.15, -0.1) is 0 Å². The van der Waals surface area contributed by atoms with Crippen molar-refractivity contribution in [2.75, 3.05) is 47.5 Å². The lowest BCUT2D eigenvalue weighted by molar-refractivity contribution is -0.870. The van der Waals surface area contributed by atoms with Crippen molar-refractivity contribution in [2.45, 2.75) is 110 Å². The van der Waals surface area contributed by atoms with Gasteiger partial charge in [-0.2, -0.15) is 0 Å². The van der Waals surface area contributed by atoms with Gasteiger partial charge in [0.1, 0.15) is 19.8 Å². The number of likely N-dealkylation sites (N-methyl/N-ethyl adjacent to an activating group) is 1. The highest BCUT2D eigenvalue weighted by atomic mass is 31.2. The molecule has 54 heavy (non-hydrogen) atoms. The number of quaternary nitrogens is 1. The molecule has 0 rings (SSSR count). The SMILES string of the molecule is CC/C=C/C=C/C=C/C=C/C=C/C=C/CCCCCC(=O)OCC(COP(=O)([O-])OCC[N+](C)(C)C)OC(=O)CCCCCCC/C=C/C=C/C=C/CC. The average molecular weight is 772 g/mol. The van der Waals surface area contributed by atoms with Crippen LogP contribution in [0.4, 0.5) is 0 Å². The van der Waals surface area contributed by atoms with Crippen LogP contribution >= 0.6 is 7.82 Å². The molecule has 0 N–H and O–H groups in total. The molecular formula is C44H70NO8P. The maximum atomic E-state index is 12.6. The van der Waals surface area contributed by atoms with Gasteiger partial charge in [-0.05, 0) is 51.4 Å². The Bertz CT molecular complexity index is 1280. The topological polar surface area (TPSA) is 111 Å². The number of unbranched alkanes of at least 4 members (excludes halogenated alkanes) is 8. The Morgan fingerprint density at radius 1 is 0.574 bits per heavy atom. The van der Waals surface area contributed by atoms with E-state index in [2.05, 4.69) is 44.2 Å². The van der Waals surface area contributed by atoms with E-state index in [1.807, 2.05) is 100 Å². The van der Waals surface area contributed by atoms with Crippen molar-refractivity contribution >= 4 is 19.8 Å². The van der Waals surface area contributed by atoms with Crippen LogP contribution in [0.2, 0.25) is 0 Å². The summed E-state index contributed by atoms with van der Waals surface area (Å²) in [5.74, 6) is -0.927. The summed E-state index contributed by atoms with van der Waals surface area (Å²) in [5, 5.41) is 0. The Labute approximate surface area is 327 Å². The summed E-state index contributed by atoms with van der Waals surface area (Å²) in [7, 11) is 1.10. The normalized spacial score (nSPS) is 14.9. The molecule has 0 saturated heterocycles. The fraction of sp³-hybridized carbons (Fsp3) is 0.545. The van der Waals surface area contributed by atoms with Crippen molar-refractivity contribution in [3.05, 3.63) is 109 Å². The van der Waals surface area contributed by atoms with Crippen molar-refractivity contribution in [2.24, 2.45) is 0 Å². The lowest BCUT2D eigenvalue weighted by Crippen LogP contribution is -2.37. The number of nitrogens with zero attached hydrogens (tertiary/aromatic N) is 1. The van der Waals surface area contributed by atoms with E-state index in [1.54, 1.807) is 0 Å². The third-order valence-corrected chi connectivity index (χ3v) is 8.47. The smallest absolute Gasteiger partial charge is 0.306 e. The molecule has 304 valence electrons. The number of carbonyl (C=O) groups is 2. The summed E-state index contributed by atoms with van der Waals surface area (Å²) in [6.45, 7) is 3.82. The molecule has 0 radical (unpaired) electrons. The number of phosphoric ester groups is 1. The van der Waals surface area contributed by atoms with Crippen molar-refractivity contribution in [3.63, 3.8) is 0 Å². The van der Waals surface area contributed by atoms with E-state index in [4.69, 9.17) is 18.5 Å². The van der Waals surface area contributed by atoms with Gasteiger partial charge in [-0.3, -0.25) is 14.2 Å². The fourth-order valence-electron chi connectivity index (χ4n) is 4.45. The van der Waals surface area contributed by atoms with Gasteiger partial charge in [0, 0.05) is 12.8 Å². The minimum Gasteiger partial charge on any atom is -0.756 e. The molecule has 0 aromatic carbocycles. The summed E-state index contributed by atoms with van der Waals surface area (Å²) in [5.41, 5.74) is 0. The minimum absolute atomic E-state index is 0.0503. The standard InChI is InChI=1S/C44H70NO8P/c1-6-8-10-12-14-16-18-20-21-22-23-25-26-28-30-32-34-36-43(46)50-40-42(41-52-54(48,49)51-39-38-45(3,4)5)53-44(47)37-35-33-31-29-27-24-19-17-15-13-11-9-7-2/h8-23,25-26,42H,6-7,24,27-41H2,1-5H3/b10-8+,11-9+,14-12+,15-13+,18-16+,19-17+,21-20+,23-22+,26-25+. The van der Waals surface area contributed by atoms with E-state index in [0.717, 1.165) is 64.2 Å². The number of ether oxygens (including phenoxy) is 2. The van der Waals surface area contributed by atoms with Gasteiger partial charge in [-0.1, -0.05) is 149 Å². The van der Waals surface area contributed by atoms with E-state index in [-0.39, 0.29) is 26.1 Å². The third-order valence-electron chi connectivity index (χ3n) is 7.51. The van der Waals surface area contributed by atoms with Gasteiger partial charge in [0.2, 0.25) is 0 Å². The fourth-order valence-corrected chi connectivity index (χ4v) is 5.18. The summed E-state index contributed by atoms with van der Waals surface area (Å²) in [6, 6.07) is 0. The third kappa shape index (κ3) is 38.4. The number of phosphoric acid groups is 1. The van der Waals surface area contributed by atoms with Gasteiger partial charge in [0.15, 0.2) is 6.10 Å². The van der Waals surface area contributed by atoms with E-state index >= 15 is 0 Å². The van der Waals surface area contributed by atoms with Crippen LogP contribution in [0.1, 0.15) is 104 Å². The highest BCUT2D eigenvalue weighted by molar-refractivity contribution is 7.45. The number of hydrogen-bond acceptors (Lipinski definition) is 8. The number of allylic oxidation sites excluding steroid dienone is 18. The van der Waals surface area contributed by atoms with Crippen molar-refractivity contribution in [1.82, 2.24) is 0 Å². The van der Waals surface area contributed by atoms with E-state index < -0.39 is 32.5 Å². The van der Waals surface area contributed by atoms with Crippen LogP contribution < -0.4 is 4.89 Å². The molecule has 0 aromatic heterocycles. The van der Waals surface area contributed by atoms with Gasteiger partial charge in [-0.25, -0.2) is 0 Å². The average Bonchev–Trinajstić information content (AvgIpc) is 3.12. The largest absolute Gasteiger partial charge is 0.756 e. The quantitative estimate of drug-likeness (QED) is 0.0213. The summed E-state index contributed by atoms with van der Waals surface area (Å²) < 4.78 is 33.7. The second kappa shape index (κ2) is 35.4. The molecule has 0 amide bonds. The van der Waals surface area contributed by atoms with Gasteiger partial charge in [0.25, 0.3) is 7.82 Å². The van der Waals surface area contributed by atoms with Gasteiger partial charge < -0.3 is 27.9 Å². The second-order valence-electron chi connectivity index (χ2n) is 13.7. The summed E-state index contributed by atoms with van der Waals surface area (Å²) >= 11 is 0. The molecule has 2 unspecified atom stereocenters. The van der Waals surface area contributed by atoms with E-state index in [0.29, 0.717) is 23.9 Å². The first-order valence-corrected chi connectivity index (χ1v) is 21.2. The van der Waals surface area contributed by atoms with Crippen LogP contribution in [0, 0.1) is 0 Å². The Morgan fingerprint density at radius 3 is 1.50 bits per heavy atom. The maximum absolute atomic E-state index is 12.6. The Hall–Kier alpha value is -3.33. The van der Waals surface area contributed by atoms with Crippen molar-refractivity contribution < 1.29 is 42.1 Å². The Balaban J connectivity index is 4.58. The lowest BCUT2D eigenvalue weighted by atomic mass is 10.1. The predicted octanol–water partition coefficient (Wildman–Crippen LogP) is 10.2. The van der Waals surface area contributed by atoms with Crippen molar-refractivity contribution in [3.8, 4) is 0 Å². The van der Waals surface area contributed by atoms with Gasteiger partial charge >= 0.3 is 11.9 Å². The zero-order valence-electron chi connectivity index (χ0n) is 33.9. The molecular weight excluding hydrogens is 701 g/mol. The lowest BCUT2D eigenvalue weighted by Gasteiger charge is -2.28. The number of carbonyl (C=O) groups excluding carboxylic acids is 2. The van der Waals surface area contributed by atoms with Crippen LogP contribution in [-0.4, -0.2) is 70.0 Å².